The molecule has 0 amide bonds. The number of benzene rings is 1. The Kier molecular flexibility index (Phi) is 4.09. The first-order valence-corrected chi connectivity index (χ1v) is 6.74. The van der Waals surface area contributed by atoms with E-state index in [1.54, 1.807) is 0 Å². The van der Waals surface area contributed by atoms with E-state index in [2.05, 4.69) is 10.1 Å². The van der Waals surface area contributed by atoms with Crippen molar-refractivity contribution in [2.75, 3.05) is 6.61 Å². The van der Waals surface area contributed by atoms with E-state index in [-0.39, 0.29) is 5.41 Å². The lowest BCUT2D eigenvalue weighted by Crippen LogP contribution is -2.15. The van der Waals surface area contributed by atoms with E-state index < -0.39 is 6.04 Å². The van der Waals surface area contributed by atoms with Gasteiger partial charge in [0.25, 0.3) is 0 Å². The van der Waals surface area contributed by atoms with Gasteiger partial charge in [-0.2, -0.15) is 4.98 Å². The van der Waals surface area contributed by atoms with E-state index in [1.807, 2.05) is 52.0 Å². The summed E-state index contributed by atoms with van der Waals surface area (Å²) in [5.74, 6) is 1.87. The summed E-state index contributed by atoms with van der Waals surface area (Å²) in [5.41, 5.74) is 6.92. The maximum absolute atomic E-state index is 6.20. The molecule has 0 saturated carbocycles. The standard InChI is InChI=1S/C15H21N3O2/c1-5-19-11-8-6-7-10(9-11)12(16)13-17-14(20-18-13)15(2,3)4/h6-9,12H,5,16H2,1-4H3. The maximum Gasteiger partial charge on any atom is 0.232 e. The zero-order valence-corrected chi connectivity index (χ0v) is 12.4. The summed E-state index contributed by atoms with van der Waals surface area (Å²) in [6.45, 7) is 8.62. The highest BCUT2D eigenvalue weighted by Crippen LogP contribution is 2.25. The number of ether oxygens (including phenoxy) is 1. The zero-order valence-electron chi connectivity index (χ0n) is 12.4. The summed E-state index contributed by atoms with van der Waals surface area (Å²) in [4.78, 5) is 4.39. The van der Waals surface area contributed by atoms with Gasteiger partial charge in [-0.05, 0) is 24.6 Å². The van der Waals surface area contributed by atoms with E-state index in [0.717, 1.165) is 11.3 Å². The molecule has 1 heterocycles. The molecule has 2 aromatic rings. The normalized spacial score (nSPS) is 13.2. The summed E-state index contributed by atoms with van der Waals surface area (Å²) < 4.78 is 10.7. The first kappa shape index (κ1) is 14.5. The molecule has 108 valence electrons. The van der Waals surface area contributed by atoms with Crippen LogP contribution in [-0.2, 0) is 5.41 Å². The first-order chi connectivity index (χ1) is 9.41. The van der Waals surface area contributed by atoms with Crippen LogP contribution in [0.15, 0.2) is 28.8 Å². The highest BCUT2D eigenvalue weighted by molar-refractivity contribution is 5.33. The average Bonchev–Trinajstić information content (AvgIpc) is 2.88. The fourth-order valence-corrected chi connectivity index (χ4v) is 1.78. The molecule has 1 unspecified atom stereocenters. The minimum absolute atomic E-state index is 0.182. The monoisotopic (exact) mass is 275 g/mol. The summed E-state index contributed by atoms with van der Waals surface area (Å²) >= 11 is 0. The van der Waals surface area contributed by atoms with E-state index >= 15 is 0 Å². The van der Waals surface area contributed by atoms with Gasteiger partial charge in [-0.3, -0.25) is 0 Å². The van der Waals surface area contributed by atoms with Gasteiger partial charge in [0, 0.05) is 5.41 Å². The first-order valence-electron chi connectivity index (χ1n) is 6.74. The highest BCUT2D eigenvalue weighted by Gasteiger charge is 2.24. The van der Waals surface area contributed by atoms with Crippen molar-refractivity contribution in [2.45, 2.75) is 39.2 Å². The predicted octanol–water partition coefficient (Wildman–Crippen LogP) is 2.81. The Labute approximate surface area is 119 Å². The van der Waals surface area contributed by atoms with Crippen molar-refractivity contribution >= 4 is 0 Å². The van der Waals surface area contributed by atoms with Gasteiger partial charge in [-0.15, -0.1) is 0 Å². The number of hydrogen-bond acceptors (Lipinski definition) is 5. The van der Waals surface area contributed by atoms with Crippen LogP contribution in [0.4, 0.5) is 0 Å². The van der Waals surface area contributed by atoms with Crippen molar-refractivity contribution in [3.05, 3.63) is 41.5 Å². The van der Waals surface area contributed by atoms with Crippen LogP contribution in [0.1, 0.15) is 51.0 Å². The van der Waals surface area contributed by atoms with Gasteiger partial charge in [0.05, 0.1) is 12.6 Å². The van der Waals surface area contributed by atoms with Crippen LogP contribution in [0.3, 0.4) is 0 Å². The van der Waals surface area contributed by atoms with Crippen molar-refractivity contribution in [1.29, 1.82) is 0 Å². The molecule has 0 radical (unpaired) electrons. The predicted molar refractivity (Wildman–Crippen MR) is 76.6 cm³/mol. The average molecular weight is 275 g/mol. The van der Waals surface area contributed by atoms with Crippen LogP contribution in [0.2, 0.25) is 0 Å². The molecule has 0 spiro atoms. The summed E-state index contributed by atoms with van der Waals surface area (Å²) in [6, 6.07) is 7.22. The van der Waals surface area contributed by atoms with E-state index in [1.165, 1.54) is 0 Å². The molecule has 0 saturated heterocycles. The Balaban J connectivity index is 2.24. The third-order valence-corrected chi connectivity index (χ3v) is 2.89. The van der Waals surface area contributed by atoms with Crippen LogP contribution in [0, 0.1) is 0 Å². The Bertz CT molecular complexity index is 572. The number of aromatic nitrogens is 2. The summed E-state index contributed by atoms with van der Waals surface area (Å²) in [7, 11) is 0. The molecule has 0 fully saturated rings. The Morgan fingerprint density at radius 3 is 2.70 bits per heavy atom. The molecule has 5 heteroatoms. The molecule has 2 rings (SSSR count). The van der Waals surface area contributed by atoms with E-state index in [9.17, 15) is 0 Å². The topological polar surface area (TPSA) is 74.2 Å². The fraction of sp³-hybridized carbons (Fsp3) is 0.467. The van der Waals surface area contributed by atoms with Crippen molar-refractivity contribution in [2.24, 2.45) is 5.73 Å². The molecule has 1 aromatic heterocycles. The molecular weight excluding hydrogens is 254 g/mol. The quantitative estimate of drug-likeness (QED) is 0.928. The van der Waals surface area contributed by atoms with Crippen LogP contribution in [-0.4, -0.2) is 16.7 Å². The van der Waals surface area contributed by atoms with Crippen molar-refractivity contribution in [3.8, 4) is 5.75 Å². The Morgan fingerprint density at radius 2 is 2.10 bits per heavy atom. The molecule has 0 aliphatic heterocycles. The SMILES string of the molecule is CCOc1cccc(C(N)c2noc(C(C)(C)C)n2)c1. The maximum atomic E-state index is 6.20. The van der Waals surface area contributed by atoms with Crippen LogP contribution in [0.25, 0.3) is 0 Å². The van der Waals surface area contributed by atoms with Crippen molar-refractivity contribution < 1.29 is 9.26 Å². The number of rotatable bonds is 4. The summed E-state index contributed by atoms with van der Waals surface area (Å²) in [5, 5.41) is 3.98. The third kappa shape index (κ3) is 3.17. The molecule has 0 bridgehead atoms. The van der Waals surface area contributed by atoms with Gasteiger partial charge in [-0.25, -0.2) is 0 Å². The molecule has 20 heavy (non-hydrogen) atoms. The molecule has 0 aliphatic rings. The van der Waals surface area contributed by atoms with E-state index in [4.69, 9.17) is 15.0 Å². The zero-order chi connectivity index (χ0) is 14.8. The molecule has 2 N–H and O–H groups in total. The molecular formula is C15H21N3O2. The van der Waals surface area contributed by atoms with Gasteiger partial charge in [0.2, 0.25) is 5.89 Å². The third-order valence-electron chi connectivity index (χ3n) is 2.89. The van der Waals surface area contributed by atoms with Crippen LogP contribution >= 0.6 is 0 Å². The minimum Gasteiger partial charge on any atom is -0.494 e. The highest BCUT2D eigenvalue weighted by atomic mass is 16.5. The van der Waals surface area contributed by atoms with Crippen LogP contribution in [0.5, 0.6) is 5.75 Å². The lowest BCUT2D eigenvalue weighted by molar-refractivity contribution is 0.317. The van der Waals surface area contributed by atoms with Gasteiger partial charge in [0.1, 0.15) is 5.75 Å². The second kappa shape index (κ2) is 5.63. The van der Waals surface area contributed by atoms with Gasteiger partial charge in [-0.1, -0.05) is 38.1 Å². The Morgan fingerprint density at radius 1 is 1.35 bits per heavy atom. The van der Waals surface area contributed by atoms with Gasteiger partial charge < -0.3 is 15.0 Å². The lowest BCUT2D eigenvalue weighted by atomic mass is 9.97. The number of nitrogens with zero attached hydrogens (tertiary/aromatic N) is 2. The second-order valence-electron chi connectivity index (χ2n) is 5.69. The summed E-state index contributed by atoms with van der Waals surface area (Å²) in [6.07, 6.45) is 0. The van der Waals surface area contributed by atoms with Crippen molar-refractivity contribution in [1.82, 2.24) is 10.1 Å². The van der Waals surface area contributed by atoms with E-state index in [0.29, 0.717) is 18.3 Å². The van der Waals surface area contributed by atoms with Crippen LogP contribution < -0.4 is 10.5 Å². The van der Waals surface area contributed by atoms with Gasteiger partial charge >= 0.3 is 0 Å². The fourth-order valence-electron chi connectivity index (χ4n) is 1.78. The lowest BCUT2D eigenvalue weighted by Gasteiger charge is -2.11. The molecule has 1 atom stereocenters. The van der Waals surface area contributed by atoms with Crippen molar-refractivity contribution in [3.63, 3.8) is 0 Å². The van der Waals surface area contributed by atoms with Gasteiger partial charge in [0.15, 0.2) is 5.82 Å². The number of nitrogens with two attached hydrogens (primary N) is 1. The second-order valence-corrected chi connectivity index (χ2v) is 5.69. The molecule has 0 aliphatic carbocycles. The smallest absolute Gasteiger partial charge is 0.232 e. The Hall–Kier alpha value is -1.88. The largest absolute Gasteiger partial charge is 0.494 e. The molecule has 1 aromatic carbocycles. The molecule has 5 nitrogen and oxygen atoms in total. The number of hydrogen-bond donors (Lipinski definition) is 1. The minimum atomic E-state index is -0.421.